The molecule has 110 valence electrons. The molecule has 0 unspecified atom stereocenters. The largest absolute Gasteiger partial charge is 0.433 e. The van der Waals surface area contributed by atoms with Crippen LogP contribution in [-0.4, -0.2) is 10.8 Å². The third-order valence-corrected chi connectivity index (χ3v) is 3.34. The fourth-order valence-corrected chi connectivity index (χ4v) is 2.25. The van der Waals surface area contributed by atoms with Crippen molar-refractivity contribution in [2.75, 3.05) is 0 Å². The highest BCUT2D eigenvalue weighted by atomic mass is 35.5. The molecule has 0 N–H and O–H groups in total. The van der Waals surface area contributed by atoms with E-state index in [0.29, 0.717) is 16.1 Å². The number of pyridine rings is 1. The maximum Gasteiger partial charge on any atom is 0.433 e. The van der Waals surface area contributed by atoms with Crippen LogP contribution in [0.25, 0.3) is 0 Å². The molecular weight excluding hydrogens is 326 g/mol. The van der Waals surface area contributed by atoms with Gasteiger partial charge in [-0.2, -0.15) is 13.2 Å². The number of alkyl halides is 3. The lowest BCUT2D eigenvalue weighted by atomic mass is 10.00. The Hall–Kier alpha value is -1.59. The Kier molecular flexibility index (Phi) is 4.25. The van der Waals surface area contributed by atoms with Crippen LogP contribution < -0.4 is 0 Å². The summed E-state index contributed by atoms with van der Waals surface area (Å²) in [5.41, 5.74) is -0.321. The minimum absolute atomic E-state index is 0.0879. The molecule has 2 aromatic rings. The van der Waals surface area contributed by atoms with Gasteiger partial charge in [0.05, 0.1) is 5.56 Å². The number of halogens is 5. The highest BCUT2D eigenvalue weighted by molar-refractivity contribution is 6.34. The van der Waals surface area contributed by atoms with Crippen LogP contribution in [0.1, 0.15) is 27.2 Å². The molecule has 0 fully saturated rings. The van der Waals surface area contributed by atoms with E-state index < -0.39 is 22.8 Å². The van der Waals surface area contributed by atoms with Gasteiger partial charge in [-0.3, -0.25) is 4.79 Å². The minimum Gasteiger partial charge on any atom is -0.288 e. The minimum atomic E-state index is -4.61. The van der Waals surface area contributed by atoms with Crippen LogP contribution >= 0.6 is 23.2 Å². The number of carbonyl (C=O) groups excluding carboxylic acids is 1. The monoisotopic (exact) mass is 333 g/mol. The molecule has 2 rings (SSSR count). The molecule has 0 aliphatic heterocycles. The zero-order valence-electron chi connectivity index (χ0n) is 10.6. The molecule has 2 nitrogen and oxygen atoms in total. The fourth-order valence-electron chi connectivity index (χ4n) is 1.79. The normalized spacial score (nSPS) is 11.5. The Bertz CT molecular complexity index is 714. The first-order valence-electron chi connectivity index (χ1n) is 5.74. The number of hydrogen-bond acceptors (Lipinski definition) is 2. The van der Waals surface area contributed by atoms with Crippen LogP contribution in [0, 0.1) is 6.92 Å². The lowest BCUT2D eigenvalue weighted by Crippen LogP contribution is -2.11. The summed E-state index contributed by atoms with van der Waals surface area (Å²) in [5.74, 6) is -0.504. The first-order valence-corrected chi connectivity index (χ1v) is 6.50. The van der Waals surface area contributed by atoms with Crippen LogP contribution in [-0.2, 0) is 6.18 Å². The van der Waals surface area contributed by atoms with Gasteiger partial charge in [0.2, 0.25) is 0 Å². The lowest BCUT2D eigenvalue weighted by molar-refractivity contribution is -0.141. The summed E-state index contributed by atoms with van der Waals surface area (Å²) < 4.78 is 37.5. The van der Waals surface area contributed by atoms with Crippen molar-refractivity contribution in [3.63, 3.8) is 0 Å². The average Bonchev–Trinajstić information content (AvgIpc) is 2.36. The molecule has 0 radical (unpaired) electrons. The van der Waals surface area contributed by atoms with Gasteiger partial charge < -0.3 is 0 Å². The van der Waals surface area contributed by atoms with Gasteiger partial charge in [-0.15, -0.1) is 0 Å². The number of aromatic nitrogens is 1. The summed E-state index contributed by atoms with van der Waals surface area (Å²) in [5, 5.41) is -0.0233. The van der Waals surface area contributed by atoms with E-state index in [2.05, 4.69) is 4.98 Å². The summed E-state index contributed by atoms with van der Waals surface area (Å²) in [4.78, 5) is 15.5. The van der Waals surface area contributed by atoms with E-state index >= 15 is 0 Å². The van der Waals surface area contributed by atoms with Crippen LogP contribution in [0.5, 0.6) is 0 Å². The zero-order valence-corrected chi connectivity index (χ0v) is 12.1. The molecule has 0 saturated carbocycles. The molecule has 0 aliphatic carbocycles. The highest BCUT2D eigenvalue weighted by Crippen LogP contribution is 2.30. The molecule has 1 aromatic carbocycles. The van der Waals surface area contributed by atoms with E-state index in [-0.39, 0.29) is 5.56 Å². The first-order chi connectivity index (χ1) is 9.70. The van der Waals surface area contributed by atoms with Gasteiger partial charge in [0.15, 0.2) is 5.78 Å². The predicted molar refractivity (Wildman–Crippen MR) is 73.9 cm³/mol. The number of hydrogen-bond donors (Lipinski definition) is 0. The maximum atomic E-state index is 12.5. The van der Waals surface area contributed by atoms with Crippen molar-refractivity contribution < 1.29 is 18.0 Å². The molecule has 0 saturated heterocycles. The number of carbonyl (C=O) groups is 1. The van der Waals surface area contributed by atoms with Crippen LogP contribution in [0.2, 0.25) is 10.2 Å². The molecule has 0 aliphatic rings. The molecule has 0 spiro atoms. The van der Waals surface area contributed by atoms with Crippen molar-refractivity contribution in [1.29, 1.82) is 0 Å². The van der Waals surface area contributed by atoms with Crippen molar-refractivity contribution in [1.82, 2.24) is 4.98 Å². The second-order valence-corrected chi connectivity index (χ2v) is 5.12. The number of nitrogens with zero attached hydrogens (tertiary/aromatic N) is 1. The number of ketones is 1. The molecule has 7 heteroatoms. The van der Waals surface area contributed by atoms with Gasteiger partial charge in [-0.05, 0) is 42.8 Å². The third kappa shape index (κ3) is 3.36. The topological polar surface area (TPSA) is 30.0 Å². The molecule has 0 atom stereocenters. The molecule has 1 aromatic heterocycles. The average molecular weight is 334 g/mol. The summed E-state index contributed by atoms with van der Waals surface area (Å²) in [7, 11) is 0. The van der Waals surface area contributed by atoms with Crippen molar-refractivity contribution in [2.45, 2.75) is 13.1 Å². The Labute approximate surface area is 128 Å². The van der Waals surface area contributed by atoms with Gasteiger partial charge >= 0.3 is 6.18 Å². The van der Waals surface area contributed by atoms with Crippen LogP contribution in [0.3, 0.4) is 0 Å². The van der Waals surface area contributed by atoms with Crippen molar-refractivity contribution in [3.05, 3.63) is 62.9 Å². The van der Waals surface area contributed by atoms with Crippen LogP contribution in [0.4, 0.5) is 13.2 Å². The molecule has 0 bridgehead atoms. The van der Waals surface area contributed by atoms with E-state index in [1.807, 2.05) is 0 Å². The SMILES string of the molecule is Cc1cc(Cl)ccc1C(=O)c1ccc(C(F)(F)F)nc1Cl. The lowest BCUT2D eigenvalue weighted by Gasteiger charge is -2.09. The Morgan fingerprint density at radius 1 is 1.10 bits per heavy atom. The Morgan fingerprint density at radius 3 is 2.24 bits per heavy atom. The smallest absolute Gasteiger partial charge is 0.288 e. The van der Waals surface area contributed by atoms with Crippen molar-refractivity contribution >= 4 is 29.0 Å². The number of rotatable bonds is 2. The van der Waals surface area contributed by atoms with E-state index in [4.69, 9.17) is 23.2 Å². The second kappa shape index (κ2) is 5.66. The highest BCUT2D eigenvalue weighted by Gasteiger charge is 2.33. The molecule has 0 amide bonds. The van der Waals surface area contributed by atoms with Crippen LogP contribution in [0.15, 0.2) is 30.3 Å². The van der Waals surface area contributed by atoms with E-state index in [9.17, 15) is 18.0 Å². The Morgan fingerprint density at radius 2 is 1.71 bits per heavy atom. The van der Waals surface area contributed by atoms with Crippen molar-refractivity contribution in [2.24, 2.45) is 0 Å². The summed E-state index contributed by atoms with van der Waals surface area (Å²) in [6.07, 6.45) is -4.61. The molecule has 21 heavy (non-hydrogen) atoms. The van der Waals surface area contributed by atoms with Gasteiger partial charge in [0.1, 0.15) is 10.8 Å². The summed E-state index contributed by atoms with van der Waals surface area (Å²) in [6.45, 7) is 1.67. The zero-order chi connectivity index (χ0) is 15.8. The third-order valence-electron chi connectivity index (χ3n) is 2.82. The van der Waals surface area contributed by atoms with Gasteiger partial charge in [-0.25, -0.2) is 4.98 Å². The van der Waals surface area contributed by atoms with E-state index in [0.717, 1.165) is 12.1 Å². The van der Waals surface area contributed by atoms with E-state index in [1.165, 1.54) is 12.1 Å². The van der Waals surface area contributed by atoms with Gasteiger partial charge in [0.25, 0.3) is 0 Å². The van der Waals surface area contributed by atoms with Gasteiger partial charge in [0, 0.05) is 10.6 Å². The summed E-state index contributed by atoms with van der Waals surface area (Å²) in [6, 6.07) is 6.35. The fraction of sp³-hybridized carbons (Fsp3) is 0.143. The van der Waals surface area contributed by atoms with Crippen molar-refractivity contribution in [3.8, 4) is 0 Å². The number of benzene rings is 1. The quantitative estimate of drug-likeness (QED) is 0.575. The molecule has 1 heterocycles. The summed E-state index contributed by atoms with van der Waals surface area (Å²) >= 11 is 11.5. The standard InChI is InChI=1S/C14H8Cl2F3NO/c1-7-6-8(15)2-3-9(7)12(21)10-4-5-11(14(17,18)19)20-13(10)16/h2-6H,1H3. The molecular formula is C14H8Cl2F3NO. The Balaban J connectivity index is 2.45. The van der Waals surface area contributed by atoms with Gasteiger partial charge in [-0.1, -0.05) is 23.2 Å². The maximum absolute atomic E-state index is 12.5. The second-order valence-electron chi connectivity index (χ2n) is 4.32. The predicted octanol–water partition coefficient (Wildman–Crippen LogP) is 4.95. The van der Waals surface area contributed by atoms with E-state index in [1.54, 1.807) is 13.0 Å². The number of aryl methyl sites for hydroxylation is 1. The first kappa shape index (κ1) is 15.8.